The highest BCUT2D eigenvalue weighted by atomic mass is 14.4. The molecule has 1 heteroatoms. The monoisotopic (exact) mass is 179 g/mol. The van der Waals surface area contributed by atoms with E-state index in [-0.39, 0.29) is 0 Å². The molecule has 0 unspecified atom stereocenters. The lowest BCUT2D eigenvalue weighted by atomic mass is 9.73. The van der Waals surface area contributed by atoms with Crippen LogP contribution in [0.15, 0.2) is 0 Å². The third-order valence-electron chi connectivity index (χ3n) is 3.95. The van der Waals surface area contributed by atoms with Crippen LogP contribution in [0.3, 0.4) is 0 Å². The number of hydrogen-bond acceptors (Lipinski definition) is 1. The van der Waals surface area contributed by atoms with Gasteiger partial charge >= 0.3 is 0 Å². The van der Waals surface area contributed by atoms with E-state index in [1.807, 2.05) is 0 Å². The minimum Gasteiger partial charge on any atom is -0.310 e. The summed E-state index contributed by atoms with van der Waals surface area (Å²) < 4.78 is 0. The molecule has 0 radical (unpaired) electrons. The van der Waals surface area contributed by atoms with Crippen LogP contribution in [-0.4, -0.2) is 5.71 Å². The van der Waals surface area contributed by atoms with Gasteiger partial charge in [0.15, 0.2) is 0 Å². The molecular weight excluding hydrogens is 158 g/mol. The van der Waals surface area contributed by atoms with E-state index in [1.54, 1.807) is 0 Å². The van der Waals surface area contributed by atoms with Gasteiger partial charge in [-0.05, 0) is 37.5 Å². The van der Waals surface area contributed by atoms with Crippen LogP contribution < -0.4 is 0 Å². The molecule has 0 aromatic carbocycles. The number of rotatable bonds is 1. The Balaban J connectivity index is 1.82. The molecule has 2 rings (SSSR count). The van der Waals surface area contributed by atoms with Crippen molar-refractivity contribution >= 4 is 5.71 Å². The molecule has 1 N–H and O–H groups in total. The van der Waals surface area contributed by atoms with Gasteiger partial charge in [-0.25, -0.2) is 0 Å². The lowest BCUT2D eigenvalue weighted by Gasteiger charge is -2.33. The predicted molar refractivity (Wildman–Crippen MR) is 56.3 cm³/mol. The van der Waals surface area contributed by atoms with Crippen LogP contribution in [0.2, 0.25) is 0 Å². The molecule has 0 amide bonds. The predicted octanol–water partition coefficient (Wildman–Crippen LogP) is 3.78. The topological polar surface area (TPSA) is 23.9 Å². The van der Waals surface area contributed by atoms with E-state index >= 15 is 0 Å². The SMILES string of the molecule is N=C1CCC(C2CCCCC2)CC1. The first-order valence-corrected chi connectivity index (χ1v) is 5.92. The van der Waals surface area contributed by atoms with Crippen molar-refractivity contribution in [3.63, 3.8) is 0 Å². The van der Waals surface area contributed by atoms with Gasteiger partial charge < -0.3 is 5.41 Å². The Morgan fingerprint density at radius 1 is 0.769 bits per heavy atom. The average Bonchev–Trinajstić information content (AvgIpc) is 2.20. The van der Waals surface area contributed by atoms with E-state index in [1.165, 1.54) is 44.9 Å². The molecule has 1 nitrogen and oxygen atoms in total. The molecule has 0 aliphatic heterocycles. The summed E-state index contributed by atoms with van der Waals surface area (Å²) in [5, 5.41) is 7.59. The fourth-order valence-electron chi connectivity index (χ4n) is 3.07. The Bertz CT molecular complexity index is 170. The van der Waals surface area contributed by atoms with Crippen molar-refractivity contribution in [1.29, 1.82) is 5.41 Å². The van der Waals surface area contributed by atoms with Crippen molar-refractivity contribution in [2.75, 3.05) is 0 Å². The second-order valence-corrected chi connectivity index (χ2v) is 4.84. The smallest absolute Gasteiger partial charge is 0.00893 e. The second-order valence-electron chi connectivity index (χ2n) is 4.84. The quantitative estimate of drug-likeness (QED) is 0.633. The zero-order valence-corrected chi connectivity index (χ0v) is 8.52. The molecule has 0 heterocycles. The average molecular weight is 179 g/mol. The highest BCUT2D eigenvalue weighted by Crippen LogP contribution is 2.37. The van der Waals surface area contributed by atoms with Crippen molar-refractivity contribution in [3.8, 4) is 0 Å². The first-order valence-electron chi connectivity index (χ1n) is 5.92. The first-order chi connectivity index (χ1) is 6.36. The molecule has 0 aromatic rings. The Morgan fingerprint density at radius 2 is 1.31 bits per heavy atom. The van der Waals surface area contributed by atoms with E-state index in [9.17, 15) is 0 Å². The lowest BCUT2D eigenvalue weighted by molar-refractivity contribution is 0.221. The maximum Gasteiger partial charge on any atom is 0.00893 e. The molecular formula is C12H21N. The van der Waals surface area contributed by atoms with Crippen molar-refractivity contribution in [2.45, 2.75) is 57.8 Å². The largest absolute Gasteiger partial charge is 0.310 e. The minimum atomic E-state index is 0.981. The number of nitrogens with one attached hydrogen (secondary N) is 1. The standard InChI is InChI=1S/C12H21N/c13-12-8-6-11(7-9-12)10-4-2-1-3-5-10/h10-11,13H,1-9H2. The molecule has 0 aromatic heterocycles. The van der Waals surface area contributed by atoms with Gasteiger partial charge in [0.1, 0.15) is 0 Å². The Hall–Kier alpha value is -0.330. The zero-order chi connectivity index (χ0) is 9.10. The molecule has 0 saturated heterocycles. The third-order valence-corrected chi connectivity index (χ3v) is 3.95. The van der Waals surface area contributed by atoms with Crippen LogP contribution in [0.5, 0.6) is 0 Å². The highest BCUT2D eigenvalue weighted by Gasteiger charge is 2.26. The summed E-state index contributed by atoms with van der Waals surface area (Å²) in [4.78, 5) is 0. The van der Waals surface area contributed by atoms with E-state index in [2.05, 4.69) is 0 Å². The van der Waals surface area contributed by atoms with E-state index in [0.717, 1.165) is 30.4 Å². The van der Waals surface area contributed by atoms with E-state index < -0.39 is 0 Å². The van der Waals surface area contributed by atoms with Crippen molar-refractivity contribution < 1.29 is 0 Å². The van der Waals surface area contributed by atoms with Crippen molar-refractivity contribution in [2.24, 2.45) is 11.8 Å². The summed E-state index contributed by atoms with van der Waals surface area (Å²) in [5.74, 6) is 2.01. The molecule has 2 saturated carbocycles. The van der Waals surface area contributed by atoms with Gasteiger partial charge in [0.2, 0.25) is 0 Å². The molecule has 2 fully saturated rings. The summed E-state index contributed by atoms with van der Waals surface area (Å²) in [7, 11) is 0. The van der Waals surface area contributed by atoms with Crippen LogP contribution in [0.1, 0.15) is 57.8 Å². The van der Waals surface area contributed by atoms with Crippen molar-refractivity contribution in [1.82, 2.24) is 0 Å². The fraction of sp³-hybridized carbons (Fsp3) is 0.917. The van der Waals surface area contributed by atoms with Gasteiger partial charge in [-0.15, -0.1) is 0 Å². The molecule has 0 spiro atoms. The van der Waals surface area contributed by atoms with E-state index in [4.69, 9.17) is 5.41 Å². The van der Waals surface area contributed by atoms with Crippen LogP contribution in [-0.2, 0) is 0 Å². The second kappa shape index (κ2) is 4.26. The summed E-state index contributed by atoms with van der Waals surface area (Å²) in [6.45, 7) is 0. The highest BCUT2D eigenvalue weighted by molar-refractivity contribution is 5.81. The van der Waals surface area contributed by atoms with Gasteiger partial charge in [-0.2, -0.15) is 0 Å². The van der Waals surface area contributed by atoms with E-state index in [0.29, 0.717) is 0 Å². The Morgan fingerprint density at radius 3 is 1.92 bits per heavy atom. The molecule has 2 aliphatic rings. The maximum absolute atomic E-state index is 7.59. The van der Waals surface area contributed by atoms with Gasteiger partial charge in [0, 0.05) is 5.71 Å². The van der Waals surface area contributed by atoms with Gasteiger partial charge in [0.05, 0.1) is 0 Å². The minimum absolute atomic E-state index is 0.981. The summed E-state index contributed by atoms with van der Waals surface area (Å²) in [6.07, 6.45) is 12.2. The van der Waals surface area contributed by atoms with Crippen LogP contribution in [0.4, 0.5) is 0 Å². The van der Waals surface area contributed by atoms with Gasteiger partial charge in [0.25, 0.3) is 0 Å². The van der Waals surface area contributed by atoms with Crippen LogP contribution in [0, 0.1) is 17.2 Å². The normalized spacial score (nSPS) is 32.0. The van der Waals surface area contributed by atoms with Gasteiger partial charge in [-0.1, -0.05) is 32.1 Å². The Labute approximate surface area is 81.4 Å². The van der Waals surface area contributed by atoms with Crippen LogP contribution >= 0.6 is 0 Å². The summed E-state index contributed by atoms with van der Waals surface area (Å²) in [6, 6.07) is 0. The molecule has 0 atom stereocenters. The molecule has 0 bridgehead atoms. The zero-order valence-electron chi connectivity index (χ0n) is 8.52. The summed E-state index contributed by atoms with van der Waals surface area (Å²) in [5.41, 5.74) is 1.01. The maximum atomic E-state index is 7.59. The fourth-order valence-corrected chi connectivity index (χ4v) is 3.07. The lowest BCUT2D eigenvalue weighted by Crippen LogP contribution is -2.23. The first kappa shape index (κ1) is 9.23. The molecule has 2 aliphatic carbocycles. The molecule has 13 heavy (non-hydrogen) atoms. The third kappa shape index (κ3) is 2.32. The Kier molecular flexibility index (Phi) is 3.02. The summed E-state index contributed by atoms with van der Waals surface area (Å²) >= 11 is 0. The van der Waals surface area contributed by atoms with Crippen LogP contribution in [0.25, 0.3) is 0 Å². The van der Waals surface area contributed by atoms with Crippen molar-refractivity contribution in [3.05, 3.63) is 0 Å². The van der Waals surface area contributed by atoms with Gasteiger partial charge in [-0.3, -0.25) is 0 Å². The molecule has 74 valence electrons. The number of hydrogen-bond donors (Lipinski definition) is 1.